The van der Waals surface area contributed by atoms with Gasteiger partial charge < -0.3 is 0 Å². The molecule has 90 valence electrons. The Hall–Kier alpha value is -0.590. The number of aryl methyl sites for hydroxylation is 1. The van der Waals surface area contributed by atoms with Gasteiger partial charge in [0, 0.05) is 24.8 Å². The van der Waals surface area contributed by atoms with Gasteiger partial charge in [0.1, 0.15) is 12.2 Å². The Morgan fingerprint density at radius 2 is 2.56 bits per heavy atom. The van der Waals surface area contributed by atoms with E-state index in [1.807, 2.05) is 23.5 Å². The van der Waals surface area contributed by atoms with E-state index in [1.165, 1.54) is 25.0 Å². The van der Waals surface area contributed by atoms with E-state index in [-0.39, 0.29) is 0 Å². The standard InChI is InChI=1S/C10H19N5S/c1-15-10(12-7-13-15)6-8(14-11)9-4-2-3-5-16-9/h7-9,14H,2-6,11H2,1H3. The molecule has 5 nitrogen and oxygen atoms in total. The number of thioether (sulfide) groups is 1. The molecule has 2 rings (SSSR count). The highest BCUT2D eigenvalue weighted by Gasteiger charge is 2.24. The lowest BCUT2D eigenvalue weighted by atomic mass is 10.0. The lowest BCUT2D eigenvalue weighted by Crippen LogP contribution is -2.45. The number of hydrazine groups is 1. The third-order valence-electron chi connectivity index (χ3n) is 3.09. The van der Waals surface area contributed by atoms with Crippen LogP contribution in [-0.2, 0) is 13.5 Å². The summed E-state index contributed by atoms with van der Waals surface area (Å²) in [5.74, 6) is 7.90. The van der Waals surface area contributed by atoms with Crippen LogP contribution in [0.4, 0.5) is 0 Å². The maximum absolute atomic E-state index is 5.65. The molecule has 16 heavy (non-hydrogen) atoms. The molecule has 2 atom stereocenters. The van der Waals surface area contributed by atoms with E-state index in [0.717, 1.165) is 12.2 Å². The molecule has 0 bridgehead atoms. The Morgan fingerprint density at radius 3 is 3.12 bits per heavy atom. The number of hydrogen-bond acceptors (Lipinski definition) is 5. The van der Waals surface area contributed by atoms with Gasteiger partial charge in [0.05, 0.1) is 0 Å². The van der Waals surface area contributed by atoms with E-state index in [9.17, 15) is 0 Å². The highest BCUT2D eigenvalue weighted by molar-refractivity contribution is 8.00. The van der Waals surface area contributed by atoms with Crippen LogP contribution in [0.3, 0.4) is 0 Å². The van der Waals surface area contributed by atoms with Gasteiger partial charge in [-0.2, -0.15) is 16.9 Å². The Morgan fingerprint density at radius 1 is 1.69 bits per heavy atom. The molecule has 1 aromatic heterocycles. The first-order chi connectivity index (χ1) is 7.81. The molecule has 0 aliphatic carbocycles. The molecule has 3 N–H and O–H groups in total. The molecule has 1 aliphatic rings. The number of aromatic nitrogens is 3. The fourth-order valence-electron chi connectivity index (χ4n) is 2.08. The average molecular weight is 241 g/mol. The van der Waals surface area contributed by atoms with Crippen LogP contribution in [0.15, 0.2) is 6.33 Å². The second-order valence-corrected chi connectivity index (χ2v) is 5.53. The van der Waals surface area contributed by atoms with Crippen LogP contribution in [0.25, 0.3) is 0 Å². The van der Waals surface area contributed by atoms with Gasteiger partial charge in [-0.25, -0.2) is 4.98 Å². The van der Waals surface area contributed by atoms with E-state index in [1.54, 1.807) is 6.33 Å². The van der Waals surface area contributed by atoms with Crippen molar-refractivity contribution in [2.24, 2.45) is 12.9 Å². The molecular weight excluding hydrogens is 222 g/mol. The Balaban J connectivity index is 1.97. The van der Waals surface area contributed by atoms with Gasteiger partial charge in [0.25, 0.3) is 0 Å². The topological polar surface area (TPSA) is 68.8 Å². The molecule has 6 heteroatoms. The molecular formula is C10H19N5S. The summed E-state index contributed by atoms with van der Waals surface area (Å²) in [4.78, 5) is 4.25. The number of nitrogens with two attached hydrogens (primary N) is 1. The molecule has 0 amide bonds. The summed E-state index contributed by atoms with van der Waals surface area (Å²) in [7, 11) is 1.92. The Kier molecular flexibility index (Phi) is 4.20. The van der Waals surface area contributed by atoms with Crippen LogP contribution in [0.5, 0.6) is 0 Å². The van der Waals surface area contributed by atoms with Gasteiger partial charge in [-0.3, -0.25) is 16.0 Å². The highest BCUT2D eigenvalue weighted by Crippen LogP contribution is 2.28. The lowest BCUT2D eigenvalue weighted by molar-refractivity contribution is 0.457. The summed E-state index contributed by atoms with van der Waals surface area (Å²) >= 11 is 2.02. The summed E-state index contributed by atoms with van der Waals surface area (Å²) in [6.45, 7) is 0. The van der Waals surface area contributed by atoms with Crippen LogP contribution in [0, 0.1) is 0 Å². The van der Waals surface area contributed by atoms with Crippen molar-refractivity contribution in [3.63, 3.8) is 0 Å². The number of rotatable bonds is 4. The van der Waals surface area contributed by atoms with Gasteiger partial charge in [0.15, 0.2) is 0 Å². The predicted octanol–water partition coefficient (Wildman–Crippen LogP) is 0.475. The number of hydrogen-bond donors (Lipinski definition) is 2. The van der Waals surface area contributed by atoms with Gasteiger partial charge in [-0.15, -0.1) is 0 Å². The smallest absolute Gasteiger partial charge is 0.138 e. The van der Waals surface area contributed by atoms with Crippen molar-refractivity contribution in [2.75, 3.05) is 5.75 Å². The van der Waals surface area contributed by atoms with E-state index in [2.05, 4.69) is 15.5 Å². The predicted molar refractivity (Wildman–Crippen MR) is 65.9 cm³/mol. The minimum absolute atomic E-state index is 0.299. The Labute approximate surface area is 100 Å². The van der Waals surface area contributed by atoms with Crippen molar-refractivity contribution in [3.05, 3.63) is 12.2 Å². The van der Waals surface area contributed by atoms with Gasteiger partial charge in [-0.1, -0.05) is 6.42 Å². The zero-order chi connectivity index (χ0) is 11.4. The fraction of sp³-hybridized carbons (Fsp3) is 0.800. The summed E-state index contributed by atoms with van der Waals surface area (Å²) in [5, 5.41) is 4.69. The summed E-state index contributed by atoms with van der Waals surface area (Å²) in [6.07, 6.45) is 6.34. The number of nitrogens with zero attached hydrogens (tertiary/aromatic N) is 3. The van der Waals surface area contributed by atoms with Crippen molar-refractivity contribution in [2.45, 2.75) is 37.0 Å². The third kappa shape index (κ3) is 2.75. The van der Waals surface area contributed by atoms with E-state index >= 15 is 0 Å². The average Bonchev–Trinajstić information content (AvgIpc) is 2.73. The largest absolute Gasteiger partial charge is 0.271 e. The van der Waals surface area contributed by atoms with Crippen molar-refractivity contribution in [1.29, 1.82) is 0 Å². The monoisotopic (exact) mass is 241 g/mol. The maximum Gasteiger partial charge on any atom is 0.138 e. The van der Waals surface area contributed by atoms with E-state index in [0.29, 0.717) is 11.3 Å². The zero-order valence-corrected chi connectivity index (χ0v) is 10.4. The summed E-state index contributed by atoms with van der Waals surface area (Å²) in [6, 6.07) is 0.299. The van der Waals surface area contributed by atoms with Gasteiger partial charge in [0.2, 0.25) is 0 Å². The molecule has 0 radical (unpaired) electrons. The lowest BCUT2D eigenvalue weighted by Gasteiger charge is -2.28. The van der Waals surface area contributed by atoms with Crippen LogP contribution in [0.2, 0.25) is 0 Å². The first kappa shape index (κ1) is 11.9. The Bertz CT molecular complexity index is 321. The molecule has 1 aliphatic heterocycles. The SMILES string of the molecule is Cn1ncnc1CC(NN)C1CCCCS1. The van der Waals surface area contributed by atoms with Crippen LogP contribution >= 0.6 is 11.8 Å². The minimum Gasteiger partial charge on any atom is -0.271 e. The molecule has 1 fully saturated rings. The van der Waals surface area contributed by atoms with Crippen molar-refractivity contribution in [3.8, 4) is 0 Å². The van der Waals surface area contributed by atoms with Crippen molar-refractivity contribution in [1.82, 2.24) is 20.2 Å². The molecule has 1 saturated heterocycles. The molecule has 0 saturated carbocycles. The van der Waals surface area contributed by atoms with E-state index < -0.39 is 0 Å². The molecule has 2 unspecified atom stereocenters. The molecule has 0 spiro atoms. The van der Waals surface area contributed by atoms with Crippen molar-refractivity contribution >= 4 is 11.8 Å². The maximum atomic E-state index is 5.65. The van der Waals surface area contributed by atoms with Gasteiger partial charge >= 0.3 is 0 Å². The quantitative estimate of drug-likeness (QED) is 0.592. The summed E-state index contributed by atoms with van der Waals surface area (Å²) in [5.41, 5.74) is 2.94. The third-order valence-corrected chi connectivity index (χ3v) is 4.60. The first-order valence-corrected chi connectivity index (χ1v) is 6.76. The second-order valence-electron chi connectivity index (χ2n) is 4.18. The normalized spacial score (nSPS) is 23.2. The van der Waals surface area contributed by atoms with Crippen LogP contribution in [-0.4, -0.2) is 31.8 Å². The summed E-state index contributed by atoms with van der Waals surface area (Å²) < 4.78 is 1.82. The zero-order valence-electron chi connectivity index (χ0n) is 9.59. The van der Waals surface area contributed by atoms with Crippen molar-refractivity contribution < 1.29 is 0 Å². The second kappa shape index (κ2) is 5.65. The van der Waals surface area contributed by atoms with Gasteiger partial charge in [-0.05, 0) is 18.6 Å². The molecule has 0 aromatic carbocycles. The number of nitrogens with one attached hydrogen (secondary N) is 1. The minimum atomic E-state index is 0.299. The fourth-order valence-corrected chi connectivity index (χ4v) is 3.50. The molecule has 2 heterocycles. The first-order valence-electron chi connectivity index (χ1n) is 5.72. The van der Waals surface area contributed by atoms with E-state index in [4.69, 9.17) is 5.84 Å². The van der Waals surface area contributed by atoms with Crippen LogP contribution < -0.4 is 11.3 Å². The highest BCUT2D eigenvalue weighted by atomic mass is 32.2. The van der Waals surface area contributed by atoms with Crippen LogP contribution in [0.1, 0.15) is 25.1 Å². The molecule has 1 aromatic rings.